The SMILES string of the molecule is CNC(=O)c1c(I)c(NC(C)=O)c(I)c(C(=O)NC(C(=O)O)C(C)O)c1I. The third kappa shape index (κ3) is 5.63. The van der Waals surface area contributed by atoms with Crippen LogP contribution in [-0.2, 0) is 9.59 Å². The third-order valence-electron chi connectivity index (χ3n) is 3.33. The van der Waals surface area contributed by atoms with Crippen LogP contribution < -0.4 is 16.0 Å². The number of rotatable bonds is 6. The van der Waals surface area contributed by atoms with E-state index in [1.807, 2.05) is 67.8 Å². The van der Waals surface area contributed by atoms with E-state index < -0.39 is 35.8 Å². The van der Waals surface area contributed by atoms with Crippen molar-refractivity contribution in [1.29, 1.82) is 0 Å². The largest absolute Gasteiger partial charge is 0.480 e. The maximum Gasteiger partial charge on any atom is 0.328 e. The standard InChI is InChI=1S/C15H16I3N3O6/c1-4(22)11(15(26)27)21-14(25)7-8(16)6(13(24)19-3)9(17)12(10(7)18)20-5(2)23/h4,11,22H,1-3H3,(H,19,24)(H,20,23)(H,21,25)(H,26,27). The number of nitrogens with one attached hydrogen (secondary N) is 3. The first kappa shape index (κ1) is 24.3. The average Bonchev–Trinajstić information content (AvgIpc) is 2.55. The molecule has 12 heteroatoms. The number of halogens is 3. The fraction of sp³-hybridized carbons (Fsp3) is 0.333. The molecule has 9 nitrogen and oxygen atoms in total. The Morgan fingerprint density at radius 3 is 1.81 bits per heavy atom. The first-order valence-corrected chi connectivity index (χ1v) is 10.6. The summed E-state index contributed by atoms with van der Waals surface area (Å²) in [5.41, 5.74) is 0.486. The lowest BCUT2D eigenvalue weighted by molar-refractivity contribution is -0.141. The summed E-state index contributed by atoms with van der Waals surface area (Å²) in [5.74, 6) is -3.05. The van der Waals surface area contributed by atoms with Crippen LogP contribution in [0.1, 0.15) is 34.6 Å². The zero-order chi connectivity index (χ0) is 21.0. The Kier molecular flexibility index (Phi) is 9.13. The number of carboxylic acids is 1. The molecule has 1 aromatic carbocycles. The van der Waals surface area contributed by atoms with Crippen LogP contribution in [-0.4, -0.2) is 53.1 Å². The molecule has 0 aliphatic heterocycles. The van der Waals surface area contributed by atoms with Crippen LogP contribution in [0.25, 0.3) is 0 Å². The van der Waals surface area contributed by atoms with Gasteiger partial charge in [-0.15, -0.1) is 0 Å². The van der Waals surface area contributed by atoms with Crippen LogP contribution in [0.4, 0.5) is 5.69 Å². The summed E-state index contributed by atoms with van der Waals surface area (Å²) in [5, 5.41) is 26.1. The number of carbonyl (C=O) groups excluding carboxylic acids is 3. The maximum atomic E-state index is 12.8. The van der Waals surface area contributed by atoms with Crippen LogP contribution in [0.2, 0.25) is 0 Å². The summed E-state index contributed by atoms with van der Waals surface area (Å²) in [6, 6.07) is -1.53. The third-order valence-corrected chi connectivity index (χ3v) is 6.57. The summed E-state index contributed by atoms with van der Waals surface area (Å²) in [6.07, 6.45) is -1.33. The lowest BCUT2D eigenvalue weighted by atomic mass is 10.1. The number of carboxylic acid groups (broad SMARTS) is 1. The molecule has 0 fully saturated rings. The average molecular weight is 715 g/mol. The van der Waals surface area contributed by atoms with Crippen LogP contribution in [0.3, 0.4) is 0 Å². The van der Waals surface area contributed by atoms with Gasteiger partial charge in [0.1, 0.15) is 0 Å². The predicted molar refractivity (Wildman–Crippen MR) is 123 cm³/mol. The van der Waals surface area contributed by atoms with Crippen molar-refractivity contribution in [2.45, 2.75) is 26.0 Å². The number of aliphatic hydroxyl groups is 1. The fourth-order valence-corrected chi connectivity index (χ4v) is 6.49. The molecule has 0 aliphatic rings. The van der Waals surface area contributed by atoms with Crippen molar-refractivity contribution in [2.24, 2.45) is 0 Å². The minimum absolute atomic E-state index is 0.0332. The van der Waals surface area contributed by atoms with Gasteiger partial charge in [0.05, 0.1) is 30.1 Å². The van der Waals surface area contributed by atoms with Gasteiger partial charge in [0.15, 0.2) is 6.04 Å². The van der Waals surface area contributed by atoms with E-state index in [1.165, 1.54) is 20.9 Å². The Hall–Kier alpha value is -0.750. The van der Waals surface area contributed by atoms with Crippen molar-refractivity contribution in [1.82, 2.24) is 10.6 Å². The lowest BCUT2D eigenvalue weighted by Crippen LogP contribution is -2.48. The number of hydrogen-bond donors (Lipinski definition) is 5. The van der Waals surface area contributed by atoms with Crippen LogP contribution >= 0.6 is 67.8 Å². The highest BCUT2D eigenvalue weighted by Gasteiger charge is 2.31. The van der Waals surface area contributed by atoms with E-state index in [4.69, 9.17) is 0 Å². The van der Waals surface area contributed by atoms with Crippen molar-refractivity contribution >= 4 is 97.2 Å². The molecule has 2 unspecified atom stereocenters. The first-order valence-electron chi connectivity index (χ1n) is 7.35. The quantitative estimate of drug-likeness (QED) is 0.282. The minimum Gasteiger partial charge on any atom is -0.480 e. The zero-order valence-electron chi connectivity index (χ0n) is 14.3. The molecule has 2 atom stereocenters. The summed E-state index contributed by atoms with van der Waals surface area (Å²) < 4.78 is 1.08. The van der Waals surface area contributed by atoms with E-state index in [2.05, 4.69) is 16.0 Å². The number of aliphatic carboxylic acids is 1. The zero-order valence-corrected chi connectivity index (χ0v) is 20.8. The summed E-state index contributed by atoms with van der Waals surface area (Å²) in [4.78, 5) is 47.9. The molecular weight excluding hydrogens is 699 g/mol. The van der Waals surface area contributed by atoms with E-state index in [9.17, 15) is 29.4 Å². The molecule has 3 amide bonds. The van der Waals surface area contributed by atoms with Crippen molar-refractivity contribution in [3.05, 3.63) is 21.8 Å². The highest BCUT2D eigenvalue weighted by Crippen LogP contribution is 2.35. The van der Waals surface area contributed by atoms with Gasteiger partial charge in [-0.1, -0.05) is 0 Å². The second-order valence-corrected chi connectivity index (χ2v) is 8.59. The van der Waals surface area contributed by atoms with Crippen molar-refractivity contribution in [2.75, 3.05) is 12.4 Å². The highest BCUT2D eigenvalue weighted by molar-refractivity contribution is 14.1. The monoisotopic (exact) mass is 715 g/mol. The minimum atomic E-state index is -1.53. The Labute approximate surface area is 195 Å². The first-order chi connectivity index (χ1) is 12.4. The molecule has 0 saturated heterocycles. The molecule has 1 aromatic rings. The fourth-order valence-electron chi connectivity index (χ4n) is 2.08. The highest BCUT2D eigenvalue weighted by atomic mass is 127. The normalized spacial score (nSPS) is 12.7. The van der Waals surface area contributed by atoms with Crippen molar-refractivity contribution < 1.29 is 29.4 Å². The molecule has 0 spiro atoms. The Morgan fingerprint density at radius 2 is 1.44 bits per heavy atom. The van der Waals surface area contributed by atoms with E-state index >= 15 is 0 Å². The number of carbonyl (C=O) groups is 4. The van der Waals surface area contributed by atoms with Crippen LogP contribution in [0.15, 0.2) is 0 Å². The summed E-state index contributed by atoms with van der Waals surface area (Å²) >= 11 is 5.57. The number of hydrogen-bond acceptors (Lipinski definition) is 5. The molecule has 5 N–H and O–H groups in total. The van der Waals surface area contributed by atoms with Crippen LogP contribution in [0, 0.1) is 10.7 Å². The van der Waals surface area contributed by atoms with Gasteiger partial charge in [-0.05, 0) is 74.7 Å². The Bertz CT molecular complexity index is 813. The number of aliphatic hydroxyl groups excluding tert-OH is 1. The van der Waals surface area contributed by atoms with Crippen molar-refractivity contribution in [3.8, 4) is 0 Å². The number of anilines is 1. The van der Waals surface area contributed by atoms with Gasteiger partial charge in [0, 0.05) is 17.5 Å². The predicted octanol–water partition coefficient (Wildman–Crippen LogP) is 1.38. The number of amides is 3. The molecule has 0 radical (unpaired) electrons. The van der Waals surface area contributed by atoms with Gasteiger partial charge >= 0.3 is 5.97 Å². The Balaban J connectivity index is 3.66. The molecule has 1 rings (SSSR count). The van der Waals surface area contributed by atoms with Gasteiger partial charge in [0.2, 0.25) is 5.91 Å². The smallest absolute Gasteiger partial charge is 0.328 e. The summed E-state index contributed by atoms with van der Waals surface area (Å²) in [7, 11) is 1.43. The van der Waals surface area contributed by atoms with Gasteiger partial charge in [-0.2, -0.15) is 0 Å². The molecule has 0 aliphatic carbocycles. The second kappa shape index (κ2) is 10.1. The van der Waals surface area contributed by atoms with Gasteiger partial charge in [-0.3, -0.25) is 14.4 Å². The molecule has 27 heavy (non-hydrogen) atoms. The van der Waals surface area contributed by atoms with Crippen LogP contribution in [0.5, 0.6) is 0 Å². The van der Waals surface area contributed by atoms with E-state index in [-0.39, 0.29) is 16.8 Å². The van der Waals surface area contributed by atoms with Crippen molar-refractivity contribution in [3.63, 3.8) is 0 Å². The molecule has 0 bridgehead atoms. The maximum absolute atomic E-state index is 12.8. The van der Waals surface area contributed by atoms with Gasteiger partial charge in [0.25, 0.3) is 11.8 Å². The van der Waals surface area contributed by atoms with E-state index in [0.29, 0.717) is 10.7 Å². The molecule has 0 aromatic heterocycles. The van der Waals surface area contributed by atoms with Gasteiger partial charge < -0.3 is 26.2 Å². The van der Waals surface area contributed by atoms with E-state index in [0.717, 1.165) is 0 Å². The molecular formula is C15H16I3N3O6. The molecule has 0 saturated carbocycles. The molecule has 0 heterocycles. The second-order valence-electron chi connectivity index (χ2n) is 5.36. The molecule has 148 valence electrons. The van der Waals surface area contributed by atoms with E-state index in [1.54, 1.807) is 0 Å². The summed E-state index contributed by atoms with van der Waals surface area (Å²) in [6.45, 7) is 2.53. The van der Waals surface area contributed by atoms with Gasteiger partial charge in [-0.25, -0.2) is 4.79 Å². The topological polar surface area (TPSA) is 145 Å². The lowest BCUT2D eigenvalue weighted by Gasteiger charge is -2.21. The Morgan fingerprint density at radius 1 is 0.963 bits per heavy atom. The number of benzene rings is 1.